The summed E-state index contributed by atoms with van der Waals surface area (Å²) in [5.74, 6) is 1.99. The minimum absolute atomic E-state index is 0.0171. The lowest BCUT2D eigenvalue weighted by Crippen LogP contribution is -2.41. The molecular weight excluding hydrogens is 354 g/mol. The second-order valence-electron chi connectivity index (χ2n) is 7.41. The Bertz CT molecular complexity index is 999. The standard InChI is InChI=1S/C20H25N7O/c1-13-17-19(26(3)25-13)23-18(16-7-4-8-21-11-16)24-20(17)27-9-5-6-15(12-27)10-22-14(2)28/h4,7-8,11,15H,5-6,9-10,12H2,1-3H3,(H,22,28)/t15-/m1/s1. The van der Waals surface area contributed by atoms with Gasteiger partial charge in [-0.15, -0.1) is 0 Å². The van der Waals surface area contributed by atoms with Gasteiger partial charge in [0.05, 0.1) is 11.1 Å². The summed E-state index contributed by atoms with van der Waals surface area (Å²) in [7, 11) is 1.91. The van der Waals surface area contributed by atoms with Crippen LogP contribution in [-0.2, 0) is 11.8 Å². The van der Waals surface area contributed by atoms with Crippen molar-refractivity contribution in [1.29, 1.82) is 0 Å². The number of piperidine rings is 1. The van der Waals surface area contributed by atoms with Crippen molar-refractivity contribution in [2.24, 2.45) is 13.0 Å². The van der Waals surface area contributed by atoms with Crippen LogP contribution in [0.4, 0.5) is 5.82 Å². The second kappa shape index (κ2) is 7.53. The highest BCUT2D eigenvalue weighted by molar-refractivity contribution is 5.91. The van der Waals surface area contributed by atoms with Gasteiger partial charge in [-0.2, -0.15) is 5.10 Å². The van der Waals surface area contributed by atoms with E-state index in [0.717, 1.165) is 54.0 Å². The first-order valence-electron chi connectivity index (χ1n) is 9.64. The van der Waals surface area contributed by atoms with Gasteiger partial charge in [0.1, 0.15) is 5.82 Å². The predicted molar refractivity (Wildman–Crippen MR) is 108 cm³/mol. The number of aromatic nitrogens is 5. The summed E-state index contributed by atoms with van der Waals surface area (Å²) in [6.45, 7) is 6.05. The number of rotatable bonds is 4. The molecule has 3 aromatic heterocycles. The second-order valence-corrected chi connectivity index (χ2v) is 7.41. The Kier molecular flexibility index (Phi) is 4.93. The van der Waals surface area contributed by atoms with Crippen LogP contribution in [0.25, 0.3) is 22.4 Å². The van der Waals surface area contributed by atoms with E-state index in [-0.39, 0.29) is 5.91 Å². The molecule has 0 saturated carbocycles. The molecule has 146 valence electrons. The molecule has 0 unspecified atom stereocenters. The summed E-state index contributed by atoms with van der Waals surface area (Å²) in [4.78, 5) is 27.5. The molecule has 0 bridgehead atoms. The molecule has 4 rings (SSSR count). The van der Waals surface area contributed by atoms with Gasteiger partial charge in [0, 0.05) is 51.6 Å². The lowest BCUT2D eigenvalue weighted by molar-refractivity contribution is -0.119. The van der Waals surface area contributed by atoms with Gasteiger partial charge in [-0.3, -0.25) is 14.5 Å². The van der Waals surface area contributed by atoms with Crippen molar-refractivity contribution in [3.8, 4) is 11.4 Å². The van der Waals surface area contributed by atoms with E-state index in [9.17, 15) is 4.79 Å². The van der Waals surface area contributed by atoms with Crippen molar-refractivity contribution in [2.75, 3.05) is 24.5 Å². The number of amides is 1. The van der Waals surface area contributed by atoms with Gasteiger partial charge >= 0.3 is 0 Å². The Hall–Kier alpha value is -3.03. The first-order valence-corrected chi connectivity index (χ1v) is 9.64. The Labute approximate surface area is 164 Å². The van der Waals surface area contributed by atoms with Gasteiger partial charge in [-0.05, 0) is 37.8 Å². The zero-order valence-corrected chi connectivity index (χ0v) is 16.5. The maximum atomic E-state index is 11.3. The number of nitrogens with zero attached hydrogens (tertiary/aromatic N) is 6. The highest BCUT2D eigenvalue weighted by Crippen LogP contribution is 2.32. The molecule has 4 heterocycles. The van der Waals surface area contributed by atoms with E-state index in [1.165, 1.54) is 0 Å². The molecule has 8 heteroatoms. The number of fused-ring (bicyclic) bond motifs is 1. The summed E-state index contributed by atoms with van der Waals surface area (Å²) in [6, 6.07) is 3.86. The minimum Gasteiger partial charge on any atom is -0.356 e. The van der Waals surface area contributed by atoms with E-state index in [4.69, 9.17) is 9.97 Å². The highest BCUT2D eigenvalue weighted by atomic mass is 16.1. The van der Waals surface area contributed by atoms with Gasteiger partial charge in [0.25, 0.3) is 0 Å². The molecular formula is C20H25N7O. The summed E-state index contributed by atoms with van der Waals surface area (Å²) in [5, 5.41) is 8.52. The minimum atomic E-state index is 0.0171. The average Bonchev–Trinajstić information content (AvgIpc) is 3.00. The van der Waals surface area contributed by atoms with E-state index < -0.39 is 0 Å². The first kappa shape index (κ1) is 18.3. The molecule has 3 aromatic rings. The van der Waals surface area contributed by atoms with Gasteiger partial charge in [0.15, 0.2) is 11.5 Å². The number of nitrogens with one attached hydrogen (secondary N) is 1. The molecule has 1 amide bonds. The molecule has 0 aromatic carbocycles. The zero-order valence-electron chi connectivity index (χ0n) is 16.5. The first-order chi connectivity index (χ1) is 13.5. The van der Waals surface area contributed by atoms with Crippen molar-refractivity contribution in [3.63, 3.8) is 0 Å². The number of carbonyl (C=O) groups is 1. The summed E-state index contributed by atoms with van der Waals surface area (Å²) >= 11 is 0. The molecule has 0 aliphatic carbocycles. The average molecular weight is 379 g/mol. The number of aryl methyl sites for hydroxylation is 2. The molecule has 8 nitrogen and oxygen atoms in total. The quantitative estimate of drug-likeness (QED) is 0.747. The number of hydrogen-bond donors (Lipinski definition) is 1. The van der Waals surface area contributed by atoms with Gasteiger partial charge < -0.3 is 10.2 Å². The fraction of sp³-hybridized carbons (Fsp3) is 0.450. The third-order valence-electron chi connectivity index (χ3n) is 5.22. The van der Waals surface area contributed by atoms with E-state index in [2.05, 4.69) is 20.3 Å². The fourth-order valence-corrected chi connectivity index (χ4v) is 3.88. The van der Waals surface area contributed by atoms with Crippen LogP contribution in [0.15, 0.2) is 24.5 Å². The molecule has 0 spiro atoms. The molecule has 1 aliphatic heterocycles. The van der Waals surface area contributed by atoms with Crippen molar-refractivity contribution >= 4 is 22.8 Å². The molecule has 1 saturated heterocycles. The number of pyridine rings is 1. The fourth-order valence-electron chi connectivity index (χ4n) is 3.88. The molecule has 1 N–H and O–H groups in total. The number of hydrogen-bond acceptors (Lipinski definition) is 6. The van der Waals surface area contributed by atoms with Crippen LogP contribution in [0.5, 0.6) is 0 Å². The lowest BCUT2D eigenvalue weighted by Gasteiger charge is -2.34. The lowest BCUT2D eigenvalue weighted by atomic mass is 9.97. The Morgan fingerprint density at radius 1 is 1.36 bits per heavy atom. The molecule has 28 heavy (non-hydrogen) atoms. The molecule has 1 aliphatic rings. The molecule has 1 fully saturated rings. The van der Waals surface area contributed by atoms with Crippen LogP contribution in [0, 0.1) is 12.8 Å². The van der Waals surface area contributed by atoms with Crippen molar-refractivity contribution in [3.05, 3.63) is 30.2 Å². The summed E-state index contributed by atoms with van der Waals surface area (Å²) < 4.78 is 1.81. The molecule has 1 atom stereocenters. The normalized spacial score (nSPS) is 17.1. The number of carbonyl (C=O) groups excluding carboxylic acids is 1. The topological polar surface area (TPSA) is 88.8 Å². The van der Waals surface area contributed by atoms with E-state index in [1.54, 1.807) is 19.3 Å². The Balaban J connectivity index is 1.75. The summed E-state index contributed by atoms with van der Waals surface area (Å²) in [6.07, 6.45) is 5.70. The SMILES string of the molecule is CC(=O)NC[C@H]1CCCN(c2nc(-c3cccnc3)nc3c2c(C)nn3C)C1. The maximum Gasteiger partial charge on any atom is 0.216 e. The smallest absolute Gasteiger partial charge is 0.216 e. The van der Waals surface area contributed by atoms with Crippen LogP contribution >= 0.6 is 0 Å². The maximum absolute atomic E-state index is 11.3. The van der Waals surface area contributed by atoms with Gasteiger partial charge in [0.2, 0.25) is 5.91 Å². The van der Waals surface area contributed by atoms with Crippen molar-refractivity contribution in [2.45, 2.75) is 26.7 Å². The Morgan fingerprint density at radius 2 is 2.21 bits per heavy atom. The third-order valence-corrected chi connectivity index (χ3v) is 5.22. The van der Waals surface area contributed by atoms with Crippen LogP contribution in [0.1, 0.15) is 25.5 Å². The largest absolute Gasteiger partial charge is 0.356 e. The number of anilines is 1. The van der Waals surface area contributed by atoms with Crippen molar-refractivity contribution < 1.29 is 4.79 Å². The van der Waals surface area contributed by atoms with Crippen molar-refractivity contribution in [1.82, 2.24) is 30.0 Å². The summed E-state index contributed by atoms with van der Waals surface area (Å²) in [5.41, 5.74) is 2.64. The Morgan fingerprint density at radius 3 is 2.96 bits per heavy atom. The zero-order chi connectivity index (χ0) is 19.7. The highest BCUT2D eigenvalue weighted by Gasteiger charge is 2.25. The van der Waals surface area contributed by atoms with E-state index in [0.29, 0.717) is 18.3 Å². The van der Waals surface area contributed by atoms with Crippen LogP contribution in [-0.4, -0.2) is 50.3 Å². The van der Waals surface area contributed by atoms with Gasteiger partial charge in [-0.1, -0.05) is 0 Å². The van der Waals surface area contributed by atoms with Crippen LogP contribution in [0.3, 0.4) is 0 Å². The predicted octanol–water partition coefficient (Wildman–Crippen LogP) is 2.09. The van der Waals surface area contributed by atoms with Crippen LogP contribution < -0.4 is 10.2 Å². The molecule has 0 radical (unpaired) electrons. The van der Waals surface area contributed by atoms with Gasteiger partial charge in [-0.25, -0.2) is 9.97 Å². The van der Waals surface area contributed by atoms with E-state index in [1.807, 2.05) is 30.8 Å². The monoisotopic (exact) mass is 379 g/mol. The van der Waals surface area contributed by atoms with E-state index >= 15 is 0 Å². The van der Waals surface area contributed by atoms with Crippen LogP contribution in [0.2, 0.25) is 0 Å². The third kappa shape index (κ3) is 3.54.